The Morgan fingerprint density at radius 1 is 1.47 bits per heavy atom. The molecule has 3 unspecified atom stereocenters. The summed E-state index contributed by atoms with van der Waals surface area (Å²) < 4.78 is 5.30. The summed E-state index contributed by atoms with van der Waals surface area (Å²) in [4.78, 5) is 2.43. The fourth-order valence-electron chi connectivity index (χ4n) is 2.16. The van der Waals surface area contributed by atoms with E-state index in [4.69, 9.17) is 4.74 Å². The molecule has 1 aliphatic rings. The highest BCUT2D eigenvalue weighted by molar-refractivity contribution is 4.75. The van der Waals surface area contributed by atoms with Gasteiger partial charge in [-0.15, -0.1) is 0 Å². The minimum atomic E-state index is 0.298. The fourth-order valence-corrected chi connectivity index (χ4v) is 2.16. The van der Waals surface area contributed by atoms with Crippen molar-refractivity contribution in [2.75, 3.05) is 33.8 Å². The molecule has 1 N–H and O–H groups in total. The molecule has 0 aromatic heterocycles. The Kier molecular flexibility index (Phi) is 5.58. The van der Waals surface area contributed by atoms with Gasteiger partial charge < -0.3 is 15.0 Å². The van der Waals surface area contributed by atoms with E-state index in [1.807, 2.05) is 0 Å². The summed E-state index contributed by atoms with van der Waals surface area (Å²) in [6.07, 6.45) is 3.01. The van der Waals surface area contributed by atoms with E-state index in [0.29, 0.717) is 12.1 Å². The monoisotopic (exact) mass is 214 g/mol. The number of rotatable bonds is 5. The number of methoxy groups -OCH3 is 1. The quantitative estimate of drug-likeness (QED) is 0.747. The molecule has 3 atom stereocenters. The van der Waals surface area contributed by atoms with E-state index in [1.165, 1.54) is 25.9 Å². The molecule has 0 aliphatic carbocycles. The summed E-state index contributed by atoms with van der Waals surface area (Å²) in [7, 11) is 3.99. The molecule has 1 heterocycles. The normalized spacial score (nSPS) is 27.6. The fraction of sp³-hybridized carbons (Fsp3) is 1.00. The Morgan fingerprint density at radius 2 is 2.20 bits per heavy atom. The molecule has 0 aromatic carbocycles. The van der Waals surface area contributed by atoms with E-state index in [1.54, 1.807) is 7.11 Å². The Balaban J connectivity index is 2.18. The van der Waals surface area contributed by atoms with Gasteiger partial charge in [-0.2, -0.15) is 0 Å². The summed E-state index contributed by atoms with van der Waals surface area (Å²) in [6.45, 7) is 7.94. The maximum Gasteiger partial charge on any atom is 0.0693 e. The van der Waals surface area contributed by atoms with E-state index in [0.717, 1.165) is 12.5 Å². The average Bonchev–Trinajstić information content (AvgIpc) is 2.25. The summed E-state index contributed by atoms with van der Waals surface area (Å²) >= 11 is 0. The zero-order chi connectivity index (χ0) is 11.3. The van der Waals surface area contributed by atoms with Crippen molar-refractivity contribution >= 4 is 0 Å². The van der Waals surface area contributed by atoms with E-state index in [-0.39, 0.29) is 0 Å². The van der Waals surface area contributed by atoms with E-state index in [9.17, 15) is 0 Å². The molecular weight excluding hydrogens is 188 g/mol. The van der Waals surface area contributed by atoms with Gasteiger partial charge in [0.25, 0.3) is 0 Å². The molecule has 0 radical (unpaired) electrons. The summed E-state index contributed by atoms with van der Waals surface area (Å²) in [5.41, 5.74) is 0. The molecule has 0 aromatic rings. The lowest BCUT2D eigenvalue weighted by molar-refractivity contribution is 0.0848. The number of hydrogen-bond acceptors (Lipinski definition) is 3. The molecule has 3 nitrogen and oxygen atoms in total. The van der Waals surface area contributed by atoms with Gasteiger partial charge in [0.15, 0.2) is 0 Å². The SMILES string of the molecule is COC(C)C(C)NCC1CCCN(C)C1. The highest BCUT2D eigenvalue weighted by atomic mass is 16.5. The number of ether oxygens (including phenoxy) is 1. The minimum absolute atomic E-state index is 0.298. The first-order chi connectivity index (χ1) is 7.13. The smallest absolute Gasteiger partial charge is 0.0693 e. The lowest BCUT2D eigenvalue weighted by Crippen LogP contribution is -2.43. The van der Waals surface area contributed by atoms with Crippen LogP contribution in [-0.4, -0.2) is 50.8 Å². The van der Waals surface area contributed by atoms with Gasteiger partial charge in [-0.3, -0.25) is 0 Å². The Morgan fingerprint density at radius 3 is 2.80 bits per heavy atom. The molecule has 1 aliphatic heterocycles. The van der Waals surface area contributed by atoms with Gasteiger partial charge in [0.1, 0.15) is 0 Å². The first kappa shape index (κ1) is 12.9. The van der Waals surface area contributed by atoms with Gasteiger partial charge in [0.2, 0.25) is 0 Å². The van der Waals surface area contributed by atoms with Gasteiger partial charge >= 0.3 is 0 Å². The minimum Gasteiger partial charge on any atom is -0.380 e. The molecule has 3 heteroatoms. The highest BCUT2D eigenvalue weighted by Gasteiger charge is 2.18. The van der Waals surface area contributed by atoms with Crippen molar-refractivity contribution in [3.63, 3.8) is 0 Å². The van der Waals surface area contributed by atoms with Crippen molar-refractivity contribution in [1.82, 2.24) is 10.2 Å². The number of hydrogen-bond donors (Lipinski definition) is 1. The van der Waals surface area contributed by atoms with Crippen LogP contribution in [0.3, 0.4) is 0 Å². The first-order valence-corrected chi connectivity index (χ1v) is 6.08. The summed E-state index contributed by atoms with van der Waals surface area (Å²) in [5.74, 6) is 0.815. The topological polar surface area (TPSA) is 24.5 Å². The van der Waals surface area contributed by atoms with Gasteiger partial charge in [-0.05, 0) is 52.7 Å². The molecule has 90 valence electrons. The van der Waals surface area contributed by atoms with Gasteiger partial charge in [-0.25, -0.2) is 0 Å². The molecule has 1 fully saturated rings. The van der Waals surface area contributed by atoms with Crippen LogP contribution in [0.15, 0.2) is 0 Å². The zero-order valence-electron chi connectivity index (χ0n) is 10.6. The number of nitrogens with one attached hydrogen (secondary N) is 1. The van der Waals surface area contributed by atoms with Crippen molar-refractivity contribution in [3.8, 4) is 0 Å². The Bertz CT molecular complexity index is 175. The predicted octanol–water partition coefficient (Wildman–Crippen LogP) is 1.34. The highest BCUT2D eigenvalue weighted by Crippen LogP contribution is 2.14. The van der Waals surface area contributed by atoms with Crippen LogP contribution in [-0.2, 0) is 4.74 Å². The largest absolute Gasteiger partial charge is 0.380 e. The van der Waals surface area contributed by atoms with Gasteiger partial charge in [0.05, 0.1) is 6.10 Å². The van der Waals surface area contributed by atoms with Crippen molar-refractivity contribution in [2.24, 2.45) is 5.92 Å². The molecule has 0 amide bonds. The standard InChI is InChI=1S/C12H26N2O/c1-10(11(2)15-4)13-8-12-6-5-7-14(3)9-12/h10-13H,5-9H2,1-4H3. The molecule has 0 spiro atoms. The summed E-state index contributed by atoms with van der Waals surface area (Å²) in [5, 5.41) is 3.57. The molecule has 0 saturated carbocycles. The third-order valence-corrected chi connectivity index (χ3v) is 3.53. The third-order valence-electron chi connectivity index (χ3n) is 3.53. The van der Waals surface area contributed by atoms with Crippen LogP contribution in [0.1, 0.15) is 26.7 Å². The number of piperidine rings is 1. The van der Waals surface area contributed by atoms with Crippen molar-refractivity contribution in [3.05, 3.63) is 0 Å². The van der Waals surface area contributed by atoms with Crippen LogP contribution in [0.4, 0.5) is 0 Å². The number of likely N-dealkylation sites (tertiary alicyclic amines) is 1. The zero-order valence-corrected chi connectivity index (χ0v) is 10.6. The maximum absolute atomic E-state index is 5.30. The van der Waals surface area contributed by atoms with Crippen molar-refractivity contribution in [2.45, 2.75) is 38.8 Å². The van der Waals surface area contributed by atoms with Gasteiger partial charge in [-0.1, -0.05) is 0 Å². The Labute approximate surface area is 94.2 Å². The van der Waals surface area contributed by atoms with Crippen molar-refractivity contribution < 1.29 is 4.74 Å². The lowest BCUT2D eigenvalue weighted by atomic mass is 9.98. The average molecular weight is 214 g/mol. The molecule has 1 saturated heterocycles. The van der Waals surface area contributed by atoms with Crippen LogP contribution < -0.4 is 5.32 Å². The lowest BCUT2D eigenvalue weighted by Gasteiger charge is -2.31. The molecule has 15 heavy (non-hydrogen) atoms. The molecular formula is C12H26N2O. The molecule has 1 rings (SSSR count). The van der Waals surface area contributed by atoms with E-state index < -0.39 is 0 Å². The van der Waals surface area contributed by atoms with E-state index >= 15 is 0 Å². The predicted molar refractivity (Wildman–Crippen MR) is 64.2 cm³/mol. The second-order valence-electron chi connectivity index (χ2n) is 4.91. The van der Waals surface area contributed by atoms with Crippen LogP contribution >= 0.6 is 0 Å². The van der Waals surface area contributed by atoms with Crippen LogP contribution in [0.2, 0.25) is 0 Å². The van der Waals surface area contributed by atoms with E-state index in [2.05, 4.69) is 31.1 Å². The summed E-state index contributed by atoms with van der Waals surface area (Å²) in [6, 6.07) is 0.447. The van der Waals surface area contributed by atoms with Gasteiger partial charge in [0, 0.05) is 19.7 Å². The van der Waals surface area contributed by atoms with Crippen LogP contribution in [0.25, 0.3) is 0 Å². The number of nitrogens with zero attached hydrogens (tertiary/aromatic N) is 1. The first-order valence-electron chi connectivity index (χ1n) is 6.08. The second kappa shape index (κ2) is 6.46. The van der Waals surface area contributed by atoms with Crippen molar-refractivity contribution in [1.29, 1.82) is 0 Å². The third kappa shape index (κ3) is 4.49. The second-order valence-corrected chi connectivity index (χ2v) is 4.91. The van der Waals surface area contributed by atoms with Crippen LogP contribution in [0, 0.1) is 5.92 Å². The van der Waals surface area contributed by atoms with Crippen LogP contribution in [0.5, 0.6) is 0 Å². The molecule has 0 bridgehead atoms. The Hall–Kier alpha value is -0.120. The maximum atomic E-state index is 5.30.